The van der Waals surface area contributed by atoms with Crippen molar-refractivity contribution in [3.63, 3.8) is 0 Å². The fraction of sp³-hybridized carbons (Fsp3) is 0.357. The summed E-state index contributed by atoms with van der Waals surface area (Å²) in [6.45, 7) is 11.5. The fourth-order valence-electron chi connectivity index (χ4n) is 4.80. The molecular formula is C28H32N6O2S. The first-order chi connectivity index (χ1) is 17.8. The van der Waals surface area contributed by atoms with Gasteiger partial charge in [-0.3, -0.25) is 9.69 Å². The van der Waals surface area contributed by atoms with Crippen molar-refractivity contribution < 1.29 is 4.42 Å². The van der Waals surface area contributed by atoms with Crippen LogP contribution in [0.25, 0.3) is 10.9 Å². The Balaban J connectivity index is 1.75. The van der Waals surface area contributed by atoms with Gasteiger partial charge in [0.15, 0.2) is 5.82 Å². The number of fused-ring (bicyclic) bond motifs is 1. The zero-order valence-corrected chi connectivity index (χ0v) is 22.7. The molecule has 0 spiro atoms. The molecule has 8 nitrogen and oxygen atoms in total. The maximum Gasteiger partial charge on any atom is 0.253 e. The molecule has 5 aromatic rings. The Morgan fingerprint density at radius 3 is 2.70 bits per heavy atom. The number of hydrogen-bond acceptors (Lipinski definition) is 7. The summed E-state index contributed by atoms with van der Waals surface area (Å²) >= 11 is 1.68. The quantitative estimate of drug-likeness (QED) is 0.269. The van der Waals surface area contributed by atoms with E-state index in [0.717, 1.165) is 34.2 Å². The molecule has 0 bridgehead atoms. The van der Waals surface area contributed by atoms with Gasteiger partial charge in [0.25, 0.3) is 5.56 Å². The number of aromatic amines is 1. The Hall–Kier alpha value is -3.56. The van der Waals surface area contributed by atoms with Gasteiger partial charge in [0.2, 0.25) is 0 Å². The van der Waals surface area contributed by atoms with E-state index in [1.165, 1.54) is 4.88 Å². The summed E-state index contributed by atoms with van der Waals surface area (Å²) in [5.41, 5.74) is 3.14. The largest absolute Gasteiger partial charge is 0.468 e. The van der Waals surface area contributed by atoms with E-state index in [9.17, 15) is 4.79 Å². The van der Waals surface area contributed by atoms with Crippen LogP contribution in [0.1, 0.15) is 66.4 Å². The monoisotopic (exact) mass is 516 g/mol. The number of aromatic nitrogens is 5. The van der Waals surface area contributed by atoms with E-state index < -0.39 is 6.04 Å². The third kappa shape index (κ3) is 5.01. The van der Waals surface area contributed by atoms with Crippen LogP contribution in [0.4, 0.5) is 0 Å². The average molecular weight is 517 g/mol. The van der Waals surface area contributed by atoms with Crippen molar-refractivity contribution in [3.8, 4) is 0 Å². The maximum atomic E-state index is 13.8. The Morgan fingerprint density at radius 2 is 2.00 bits per heavy atom. The van der Waals surface area contributed by atoms with Crippen LogP contribution in [0.3, 0.4) is 0 Å². The van der Waals surface area contributed by atoms with E-state index in [1.807, 2.05) is 35.9 Å². The Kier molecular flexibility index (Phi) is 6.83. The van der Waals surface area contributed by atoms with Gasteiger partial charge in [-0.05, 0) is 91.2 Å². The molecule has 0 fully saturated rings. The van der Waals surface area contributed by atoms with E-state index in [2.05, 4.69) is 76.7 Å². The number of tetrazole rings is 1. The van der Waals surface area contributed by atoms with Crippen LogP contribution in [0, 0.1) is 13.8 Å². The van der Waals surface area contributed by atoms with Crippen LogP contribution in [0.5, 0.6) is 0 Å². The van der Waals surface area contributed by atoms with E-state index >= 15 is 0 Å². The maximum absolute atomic E-state index is 13.8. The van der Waals surface area contributed by atoms with Crippen molar-refractivity contribution in [1.29, 1.82) is 0 Å². The first-order valence-electron chi connectivity index (χ1n) is 12.5. The smallest absolute Gasteiger partial charge is 0.253 e. The minimum Gasteiger partial charge on any atom is -0.468 e. The summed E-state index contributed by atoms with van der Waals surface area (Å²) in [6.07, 6.45) is 2.50. The van der Waals surface area contributed by atoms with Crippen LogP contribution < -0.4 is 5.56 Å². The molecule has 1 aromatic carbocycles. The highest BCUT2D eigenvalue weighted by molar-refractivity contribution is 7.09. The first kappa shape index (κ1) is 25.1. The Bertz CT molecular complexity index is 1510. The second-order valence-corrected chi connectivity index (χ2v) is 11.2. The SMILES string of the molecule is CCC(C)(C)n1nnnc1[C@@H](c1cc2cc(C)cc(C)c2[nH]c1=O)N(Cc1ccco1)Cc1cccs1. The third-order valence-electron chi connectivity index (χ3n) is 7.04. The molecule has 0 aliphatic heterocycles. The molecule has 192 valence electrons. The molecule has 1 N–H and O–H groups in total. The van der Waals surface area contributed by atoms with Gasteiger partial charge >= 0.3 is 0 Å². The zero-order valence-electron chi connectivity index (χ0n) is 21.9. The number of rotatable bonds is 9. The lowest BCUT2D eigenvalue weighted by Gasteiger charge is -2.33. The lowest BCUT2D eigenvalue weighted by Crippen LogP contribution is -2.37. The van der Waals surface area contributed by atoms with Crippen molar-refractivity contribution in [2.24, 2.45) is 0 Å². The standard InChI is InChI=1S/C28H32N6O2S/c1-6-28(4,5)34-26(30-31-32-34)25(23-15-20-14-18(2)13-19(3)24(20)29-27(23)35)33(16-21-9-7-11-36-21)17-22-10-8-12-37-22/h7-15,25H,6,16-17H2,1-5H3,(H,29,35)/t25-/m1/s1. The lowest BCUT2D eigenvalue weighted by molar-refractivity contribution is 0.169. The number of furan rings is 1. The predicted octanol–water partition coefficient (Wildman–Crippen LogP) is 5.72. The average Bonchev–Trinajstić information content (AvgIpc) is 3.64. The van der Waals surface area contributed by atoms with E-state index in [0.29, 0.717) is 24.5 Å². The van der Waals surface area contributed by atoms with Gasteiger partial charge in [0.05, 0.1) is 23.9 Å². The molecule has 9 heteroatoms. The van der Waals surface area contributed by atoms with Crippen molar-refractivity contribution in [1.82, 2.24) is 30.1 Å². The predicted molar refractivity (Wildman–Crippen MR) is 146 cm³/mol. The van der Waals surface area contributed by atoms with Gasteiger partial charge in [-0.25, -0.2) is 4.68 Å². The highest BCUT2D eigenvalue weighted by Crippen LogP contribution is 2.33. The van der Waals surface area contributed by atoms with Crippen LogP contribution in [-0.4, -0.2) is 30.1 Å². The molecular weight excluding hydrogens is 484 g/mol. The zero-order chi connectivity index (χ0) is 26.2. The number of pyridine rings is 1. The number of nitrogens with zero attached hydrogens (tertiary/aromatic N) is 5. The van der Waals surface area contributed by atoms with E-state index in [1.54, 1.807) is 17.6 Å². The Labute approximate surface area is 219 Å². The van der Waals surface area contributed by atoms with Crippen molar-refractivity contribution in [2.75, 3.05) is 0 Å². The summed E-state index contributed by atoms with van der Waals surface area (Å²) in [5, 5.41) is 16.1. The first-order valence-corrected chi connectivity index (χ1v) is 13.4. The second kappa shape index (κ2) is 10.1. The molecule has 0 aliphatic rings. The van der Waals surface area contributed by atoms with E-state index in [4.69, 9.17) is 4.42 Å². The van der Waals surface area contributed by atoms with Gasteiger partial charge in [0.1, 0.15) is 11.8 Å². The van der Waals surface area contributed by atoms with Gasteiger partial charge in [-0.1, -0.05) is 24.6 Å². The van der Waals surface area contributed by atoms with Crippen molar-refractivity contribution in [2.45, 2.75) is 65.7 Å². The summed E-state index contributed by atoms with van der Waals surface area (Å²) < 4.78 is 7.62. The topological polar surface area (TPSA) is 92.8 Å². The number of aryl methyl sites for hydroxylation is 2. The van der Waals surface area contributed by atoms with Gasteiger partial charge < -0.3 is 9.40 Å². The second-order valence-electron chi connectivity index (χ2n) is 10.2. The van der Waals surface area contributed by atoms with Crippen molar-refractivity contribution in [3.05, 3.63) is 97.6 Å². The van der Waals surface area contributed by atoms with Gasteiger partial charge in [0, 0.05) is 17.0 Å². The molecule has 4 aromatic heterocycles. The summed E-state index contributed by atoms with van der Waals surface area (Å²) in [7, 11) is 0. The number of nitrogens with one attached hydrogen (secondary N) is 1. The molecule has 0 saturated carbocycles. The third-order valence-corrected chi connectivity index (χ3v) is 7.90. The molecule has 4 heterocycles. The van der Waals surface area contributed by atoms with Crippen LogP contribution >= 0.6 is 11.3 Å². The molecule has 37 heavy (non-hydrogen) atoms. The summed E-state index contributed by atoms with van der Waals surface area (Å²) in [4.78, 5) is 20.3. The minimum absolute atomic E-state index is 0.149. The van der Waals surface area contributed by atoms with E-state index in [-0.39, 0.29) is 11.1 Å². The molecule has 0 saturated heterocycles. The summed E-state index contributed by atoms with van der Waals surface area (Å²) in [6, 6.07) is 13.7. The number of benzene rings is 1. The normalized spacial score (nSPS) is 13.0. The molecule has 5 rings (SSSR count). The minimum atomic E-state index is -0.512. The number of H-pyrrole nitrogens is 1. The molecule has 0 radical (unpaired) electrons. The Morgan fingerprint density at radius 1 is 1.16 bits per heavy atom. The van der Waals surface area contributed by atoms with Crippen LogP contribution in [-0.2, 0) is 18.6 Å². The summed E-state index contributed by atoms with van der Waals surface area (Å²) in [5.74, 6) is 1.43. The van der Waals surface area contributed by atoms with Crippen LogP contribution in [0.2, 0.25) is 0 Å². The number of hydrogen-bond donors (Lipinski definition) is 1. The van der Waals surface area contributed by atoms with Crippen LogP contribution in [0.15, 0.2) is 63.3 Å². The highest BCUT2D eigenvalue weighted by Gasteiger charge is 2.35. The van der Waals surface area contributed by atoms with Crippen molar-refractivity contribution >= 4 is 22.2 Å². The molecule has 0 amide bonds. The number of thiophene rings is 1. The molecule has 0 unspecified atom stereocenters. The fourth-order valence-corrected chi connectivity index (χ4v) is 5.52. The van der Waals surface area contributed by atoms with Gasteiger partial charge in [-0.15, -0.1) is 16.4 Å². The molecule has 0 aliphatic carbocycles. The molecule has 1 atom stereocenters. The lowest BCUT2D eigenvalue weighted by atomic mass is 9.98. The highest BCUT2D eigenvalue weighted by atomic mass is 32.1. The van der Waals surface area contributed by atoms with Gasteiger partial charge in [-0.2, -0.15) is 0 Å².